The molecule has 0 aromatic heterocycles. The molecule has 1 aromatic rings. The number of anilines is 1. The van der Waals surface area contributed by atoms with Gasteiger partial charge in [0.1, 0.15) is 23.3 Å². The molecule has 0 saturated carbocycles. The fourth-order valence-electron chi connectivity index (χ4n) is 2.37. The maximum Gasteiger partial charge on any atom is 0.410 e. The second kappa shape index (κ2) is 6.42. The van der Waals surface area contributed by atoms with Crippen molar-refractivity contribution in [2.24, 2.45) is 0 Å². The van der Waals surface area contributed by atoms with Crippen molar-refractivity contribution in [3.63, 3.8) is 0 Å². The van der Waals surface area contributed by atoms with Crippen LogP contribution in [0.4, 0.5) is 14.9 Å². The van der Waals surface area contributed by atoms with Gasteiger partial charge in [-0.05, 0) is 39.7 Å². The van der Waals surface area contributed by atoms with Gasteiger partial charge in [0.05, 0.1) is 6.54 Å². The summed E-state index contributed by atoms with van der Waals surface area (Å²) in [7, 11) is 0. The van der Waals surface area contributed by atoms with E-state index in [9.17, 15) is 9.18 Å². The molecule has 1 amide bonds. The molecule has 0 bridgehead atoms. The van der Waals surface area contributed by atoms with Crippen molar-refractivity contribution in [1.29, 1.82) is 0 Å². The molecular formula is C16H23FN2O3. The van der Waals surface area contributed by atoms with E-state index in [0.29, 0.717) is 24.5 Å². The molecule has 0 spiro atoms. The quantitative estimate of drug-likeness (QED) is 0.852. The summed E-state index contributed by atoms with van der Waals surface area (Å²) >= 11 is 0. The van der Waals surface area contributed by atoms with Crippen molar-refractivity contribution >= 4 is 11.8 Å². The minimum absolute atomic E-state index is 0.192. The number of nitrogens with zero attached hydrogens (tertiary/aromatic N) is 1. The molecule has 1 saturated heterocycles. The number of hydrogen-bond donors (Lipinski definition) is 1. The SMILES string of the molecule is CC(C)(C)OC(=O)N1CCC[C@H](Oc2cc(N)cc(F)c2)C1. The highest BCUT2D eigenvalue weighted by Crippen LogP contribution is 2.23. The maximum absolute atomic E-state index is 13.3. The van der Waals surface area contributed by atoms with Gasteiger partial charge in [0.25, 0.3) is 0 Å². The van der Waals surface area contributed by atoms with Crippen LogP contribution < -0.4 is 10.5 Å². The number of amides is 1. The first-order chi connectivity index (χ1) is 10.2. The van der Waals surface area contributed by atoms with Crippen molar-refractivity contribution < 1.29 is 18.7 Å². The number of ether oxygens (including phenoxy) is 2. The zero-order valence-corrected chi connectivity index (χ0v) is 13.3. The number of carbonyl (C=O) groups is 1. The summed E-state index contributed by atoms with van der Waals surface area (Å²) in [6.07, 6.45) is 1.08. The Morgan fingerprint density at radius 2 is 2.09 bits per heavy atom. The summed E-state index contributed by atoms with van der Waals surface area (Å²) in [4.78, 5) is 13.7. The molecule has 2 rings (SSSR count). The summed E-state index contributed by atoms with van der Waals surface area (Å²) < 4.78 is 24.5. The Morgan fingerprint density at radius 3 is 2.73 bits per heavy atom. The zero-order valence-electron chi connectivity index (χ0n) is 13.3. The van der Waals surface area contributed by atoms with Gasteiger partial charge in [0.15, 0.2) is 0 Å². The van der Waals surface area contributed by atoms with Crippen LogP contribution in [0.3, 0.4) is 0 Å². The molecule has 5 nitrogen and oxygen atoms in total. The molecule has 6 heteroatoms. The fraction of sp³-hybridized carbons (Fsp3) is 0.562. The van der Waals surface area contributed by atoms with E-state index in [2.05, 4.69) is 0 Å². The number of nitrogens with two attached hydrogens (primary N) is 1. The third kappa shape index (κ3) is 4.79. The lowest BCUT2D eigenvalue weighted by molar-refractivity contribution is 0.00772. The van der Waals surface area contributed by atoms with Crippen LogP contribution in [-0.2, 0) is 4.74 Å². The van der Waals surface area contributed by atoms with Crippen molar-refractivity contribution in [2.45, 2.75) is 45.3 Å². The van der Waals surface area contributed by atoms with Crippen molar-refractivity contribution in [1.82, 2.24) is 4.90 Å². The van der Waals surface area contributed by atoms with Crippen LogP contribution in [0.5, 0.6) is 5.75 Å². The molecule has 1 heterocycles. The Bertz CT molecular complexity index is 522. The van der Waals surface area contributed by atoms with Gasteiger partial charge in [-0.1, -0.05) is 0 Å². The van der Waals surface area contributed by atoms with Crippen LogP contribution >= 0.6 is 0 Å². The third-order valence-electron chi connectivity index (χ3n) is 3.23. The highest BCUT2D eigenvalue weighted by molar-refractivity contribution is 5.68. The molecular weight excluding hydrogens is 287 g/mol. The second-order valence-electron chi connectivity index (χ2n) is 6.53. The van der Waals surface area contributed by atoms with Gasteiger partial charge >= 0.3 is 6.09 Å². The molecule has 0 unspecified atom stereocenters. The number of nitrogen functional groups attached to an aromatic ring is 1. The average Bonchev–Trinajstić information content (AvgIpc) is 2.35. The van der Waals surface area contributed by atoms with Crippen molar-refractivity contribution in [2.75, 3.05) is 18.8 Å². The molecule has 1 atom stereocenters. The topological polar surface area (TPSA) is 64.8 Å². The third-order valence-corrected chi connectivity index (χ3v) is 3.23. The lowest BCUT2D eigenvalue weighted by Gasteiger charge is -2.34. The summed E-state index contributed by atoms with van der Waals surface area (Å²) in [5, 5.41) is 0. The Hall–Kier alpha value is -1.98. The minimum Gasteiger partial charge on any atom is -0.488 e. The van der Waals surface area contributed by atoms with Gasteiger partial charge in [-0.25, -0.2) is 9.18 Å². The number of piperidine rings is 1. The van der Waals surface area contributed by atoms with Crippen LogP contribution in [0.2, 0.25) is 0 Å². The lowest BCUT2D eigenvalue weighted by atomic mass is 10.1. The molecule has 1 aliphatic heterocycles. The van der Waals surface area contributed by atoms with Gasteiger partial charge in [-0.15, -0.1) is 0 Å². The Balaban J connectivity index is 1.97. The number of halogens is 1. The first-order valence-corrected chi connectivity index (χ1v) is 7.43. The first-order valence-electron chi connectivity index (χ1n) is 7.43. The van der Waals surface area contributed by atoms with E-state index in [0.717, 1.165) is 12.8 Å². The van der Waals surface area contributed by atoms with Gasteiger partial charge in [0.2, 0.25) is 0 Å². The predicted octanol–water partition coefficient (Wildman–Crippen LogP) is 3.19. The van der Waals surface area contributed by atoms with E-state index in [4.69, 9.17) is 15.2 Å². The largest absolute Gasteiger partial charge is 0.488 e. The first kappa shape index (κ1) is 16.4. The van der Waals surface area contributed by atoms with Crippen LogP contribution in [-0.4, -0.2) is 35.8 Å². The smallest absolute Gasteiger partial charge is 0.410 e. The molecule has 1 aliphatic rings. The standard InChI is InChI=1S/C16H23FN2O3/c1-16(2,3)22-15(20)19-6-4-5-13(10-19)21-14-8-11(17)7-12(18)9-14/h7-9,13H,4-6,10,18H2,1-3H3/t13-/m0/s1. The number of carbonyl (C=O) groups excluding carboxylic acids is 1. The van der Waals surface area contributed by atoms with Crippen molar-refractivity contribution in [3.8, 4) is 5.75 Å². The van der Waals surface area contributed by atoms with Crippen LogP contribution in [0, 0.1) is 5.82 Å². The molecule has 22 heavy (non-hydrogen) atoms. The Labute approximate surface area is 130 Å². The summed E-state index contributed by atoms with van der Waals surface area (Å²) in [5.74, 6) is -0.0525. The minimum atomic E-state index is -0.526. The number of rotatable bonds is 2. The molecule has 122 valence electrons. The normalized spacial score (nSPS) is 18.9. The van der Waals surface area contributed by atoms with Crippen LogP contribution in [0.15, 0.2) is 18.2 Å². The molecule has 1 aromatic carbocycles. The lowest BCUT2D eigenvalue weighted by Crippen LogP contribution is -2.46. The van der Waals surface area contributed by atoms with E-state index in [1.165, 1.54) is 12.1 Å². The number of likely N-dealkylation sites (tertiary alicyclic amines) is 1. The monoisotopic (exact) mass is 310 g/mol. The van der Waals surface area contributed by atoms with E-state index in [1.807, 2.05) is 20.8 Å². The Morgan fingerprint density at radius 1 is 1.36 bits per heavy atom. The zero-order chi connectivity index (χ0) is 16.3. The molecule has 0 radical (unpaired) electrons. The molecule has 0 aliphatic carbocycles. The van der Waals surface area contributed by atoms with E-state index >= 15 is 0 Å². The highest BCUT2D eigenvalue weighted by Gasteiger charge is 2.28. The summed E-state index contributed by atoms with van der Waals surface area (Å²) in [6.45, 7) is 6.56. The van der Waals surface area contributed by atoms with Gasteiger partial charge < -0.3 is 20.1 Å². The number of hydrogen-bond acceptors (Lipinski definition) is 4. The average molecular weight is 310 g/mol. The number of benzene rings is 1. The van der Waals surface area contributed by atoms with E-state index < -0.39 is 11.4 Å². The van der Waals surface area contributed by atoms with Gasteiger partial charge in [-0.3, -0.25) is 0 Å². The second-order valence-corrected chi connectivity index (χ2v) is 6.53. The Kier molecular flexibility index (Phi) is 4.78. The van der Waals surface area contributed by atoms with E-state index in [-0.39, 0.29) is 12.2 Å². The maximum atomic E-state index is 13.3. The van der Waals surface area contributed by atoms with Gasteiger partial charge in [0, 0.05) is 24.4 Å². The fourth-order valence-corrected chi connectivity index (χ4v) is 2.37. The predicted molar refractivity (Wildman–Crippen MR) is 82.3 cm³/mol. The molecule has 1 fully saturated rings. The highest BCUT2D eigenvalue weighted by atomic mass is 19.1. The summed E-state index contributed by atoms with van der Waals surface area (Å²) in [5.41, 5.74) is 5.39. The summed E-state index contributed by atoms with van der Waals surface area (Å²) in [6, 6.07) is 4.11. The van der Waals surface area contributed by atoms with Crippen LogP contribution in [0.25, 0.3) is 0 Å². The molecule has 2 N–H and O–H groups in total. The van der Waals surface area contributed by atoms with Crippen molar-refractivity contribution in [3.05, 3.63) is 24.0 Å². The van der Waals surface area contributed by atoms with E-state index in [1.54, 1.807) is 11.0 Å². The van der Waals surface area contributed by atoms with Crippen LogP contribution in [0.1, 0.15) is 33.6 Å². The van der Waals surface area contributed by atoms with Gasteiger partial charge in [-0.2, -0.15) is 0 Å².